The van der Waals surface area contributed by atoms with E-state index in [0.717, 1.165) is 41.1 Å². The summed E-state index contributed by atoms with van der Waals surface area (Å²) >= 11 is 0. The summed E-state index contributed by atoms with van der Waals surface area (Å²) in [6, 6.07) is 15.2. The number of aromatic nitrogens is 2. The van der Waals surface area contributed by atoms with Gasteiger partial charge in [0.25, 0.3) is 5.56 Å². The second-order valence-electron chi connectivity index (χ2n) is 6.73. The summed E-state index contributed by atoms with van der Waals surface area (Å²) in [4.78, 5) is 13.0. The van der Waals surface area contributed by atoms with Crippen LogP contribution in [0, 0.1) is 0 Å². The summed E-state index contributed by atoms with van der Waals surface area (Å²) in [5.74, 6) is -0.479. The highest BCUT2D eigenvalue weighted by Gasteiger charge is 2.31. The van der Waals surface area contributed by atoms with Crippen LogP contribution in [-0.4, -0.2) is 16.1 Å². The molecule has 32 heavy (non-hydrogen) atoms. The molecule has 0 aliphatic carbocycles. The van der Waals surface area contributed by atoms with Crippen molar-refractivity contribution in [2.45, 2.75) is 12.5 Å². The van der Waals surface area contributed by atoms with Gasteiger partial charge in [-0.3, -0.25) is 4.79 Å². The Morgan fingerprint density at radius 3 is 2.06 bits per heavy atom. The van der Waals surface area contributed by atoms with Crippen LogP contribution in [0.3, 0.4) is 0 Å². The zero-order chi connectivity index (χ0) is 23.1. The Kier molecular flexibility index (Phi) is 5.15. The van der Waals surface area contributed by atoms with E-state index in [1.807, 2.05) is 0 Å². The quantitative estimate of drug-likeness (QED) is 0.361. The largest absolute Gasteiger partial charge is 0.573 e. The molecule has 4 nitrogen and oxygen atoms in total. The highest BCUT2D eigenvalue weighted by atomic mass is 19.4. The van der Waals surface area contributed by atoms with Gasteiger partial charge in [0.2, 0.25) is 0 Å². The molecule has 4 aromatic rings. The second-order valence-corrected chi connectivity index (χ2v) is 6.73. The van der Waals surface area contributed by atoms with Crippen molar-refractivity contribution in [1.29, 1.82) is 0 Å². The van der Waals surface area contributed by atoms with Crippen molar-refractivity contribution < 1.29 is 31.1 Å². The van der Waals surface area contributed by atoms with Crippen LogP contribution < -0.4 is 10.3 Å². The highest BCUT2D eigenvalue weighted by Crippen LogP contribution is 2.32. The molecule has 1 aromatic heterocycles. The fraction of sp³-hybridized carbons (Fsp3) is 0.0909. The highest BCUT2D eigenvalue weighted by molar-refractivity contribution is 5.94. The molecule has 0 radical (unpaired) electrons. The number of alkyl halides is 6. The fourth-order valence-electron chi connectivity index (χ4n) is 3.21. The van der Waals surface area contributed by atoms with E-state index in [9.17, 15) is 31.1 Å². The monoisotopic (exact) mass is 450 g/mol. The lowest BCUT2D eigenvalue weighted by Gasteiger charge is -2.14. The standard InChI is InChI=1S/C22H12F6N2O2/c23-21(24,25)14-8-10-15(11-9-14)30-20(31)18-7-2-1-6-17(18)19(29-30)13-4-3-5-16(12-13)32-22(26,27)28/h1-12H. The number of hydrogen-bond acceptors (Lipinski definition) is 3. The molecular weight excluding hydrogens is 438 g/mol. The smallest absolute Gasteiger partial charge is 0.406 e. The predicted molar refractivity (Wildman–Crippen MR) is 104 cm³/mol. The summed E-state index contributed by atoms with van der Waals surface area (Å²) in [7, 11) is 0. The normalized spacial score (nSPS) is 12.2. The average molecular weight is 450 g/mol. The summed E-state index contributed by atoms with van der Waals surface area (Å²) in [5.41, 5.74) is -1.03. The molecule has 3 aromatic carbocycles. The first-order chi connectivity index (χ1) is 15.0. The minimum absolute atomic E-state index is 0.0673. The molecule has 10 heteroatoms. The third-order valence-corrected chi connectivity index (χ3v) is 4.59. The first-order valence-electron chi connectivity index (χ1n) is 9.09. The number of hydrogen-bond donors (Lipinski definition) is 0. The fourth-order valence-corrected chi connectivity index (χ4v) is 3.21. The molecule has 0 unspecified atom stereocenters. The molecule has 0 spiro atoms. The molecule has 0 N–H and O–H groups in total. The van der Waals surface area contributed by atoms with Crippen molar-refractivity contribution in [3.8, 4) is 22.7 Å². The molecule has 0 aliphatic rings. The van der Waals surface area contributed by atoms with E-state index in [0.29, 0.717) is 5.39 Å². The summed E-state index contributed by atoms with van der Waals surface area (Å²) in [5, 5.41) is 4.82. The van der Waals surface area contributed by atoms with Crippen molar-refractivity contribution in [3.05, 3.63) is 88.7 Å². The van der Waals surface area contributed by atoms with E-state index >= 15 is 0 Å². The molecule has 4 rings (SSSR count). The third kappa shape index (κ3) is 4.29. The number of halogens is 6. The molecule has 0 fully saturated rings. The van der Waals surface area contributed by atoms with Crippen LogP contribution in [0.4, 0.5) is 26.3 Å². The lowest BCUT2D eigenvalue weighted by atomic mass is 10.0. The van der Waals surface area contributed by atoms with E-state index in [2.05, 4.69) is 9.84 Å². The van der Waals surface area contributed by atoms with Crippen molar-refractivity contribution >= 4 is 10.8 Å². The Morgan fingerprint density at radius 1 is 0.781 bits per heavy atom. The maximum Gasteiger partial charge on any atom is 0.573 e. The Morgan fingerprint density at radius 2 is 1.44 bits per heavy atom. The Bertz CT molecular complexity index is 1340. The van der Waals surface area contributed by atoms with E-state index < -0.39 is 29.4 Å². The SMILES string of the molecule is O=c1c2ccccc2c(-c2cccc(OC(F)(F)F)c2)nn1-c1ccc(C(F)(F)F)cc1. The van der Waals surface area contributed by atoms with E-state index in [4.69, 9.17) is 0 Å². The lowest BCUT2D eigenvalue weighted by molar-refractivity contribution is -0.274. The van der Waals surface area contributed by atoms with Crippen molar-refractivity contribution in [2.75, 3.05) is 0 Å². The summed E-state index contributed by atoms with van der Waals surface area (Å²) < 4.78 is 81.4. The zero-order valence-corrected chi connectivity index (χ0v) is 15.9. The maximum absolute atomic E-state index is 13.0. The van der Waals surface area contributed by atoms with Crippen LogP contribution in [0.15, 0.2) is 77.6 Å². The van der Waals surface area contributed by atoms with E-state index in [1.165, 1.54) is 18.2 Å². The van der Waals surface area contributed by atoms with Gasteiger partial charge in [-0.15, -0.1) is 13.2 Å². The summed E-state index contributed by atoms with van der Waals surface area (Å²) in [6.45, 7) is 0. The van der Waals surface area contributed by atoms with Crippen molar-refractivity contribution in [3.63, 3.8) is 0 Å². The second kappa shape index (κ2) is 7.70. The van der Waals surface area contributed by atoms with Crippen LogP contribution in [0.1, 0.15) is 5.56 Å². The zero-order valence-electron chi connectivity index (χ0n) is 15.9. The van der Waals surface area contributed by atoms with Crippen LogP contribution in [0.5, 0.6) is 5.75 Å². The number of benzene rings is 3. The Labute approximate surface area is 176 Å². The first-order valence-corrected chi connectivity index (χ1v) is 9.09. The topological polar surface area (TPSA) is 44.1 Å². The van der Waals surface area contributed by atoms with Gasteiger partial charge in [0.15, 0.2) is 0 Å². The van der Waals surface area contributed by atoms with Gasteiger partial charge in [-0.2, -0.15) is 23.0 Å². The van der Waals surface area contributed by atoms with Crippen LogP contribution in [0.2, 0.25) is 0 Å². The van der Waals surface area contributed by atoms with Gasteiger partial charge in [-0.1, -0.05) is 30.3 Å². The molecular formula is C22H12F6N2O2. The number of nitrogens with zero attached hydrogens (tertiary/aromatic N) is 2. The van der Waals surface area contributed by atoms with Gasteiger partial charge in [0, 0.05) is 10.9 Å². The summed E-state index contributed by atoms with van der Waals surface area (Å²) in [6.07, 6.45) is -9.45. The molecule has 0 atom stereocenters. The van der Waals surface area contributed by atoms with Gasteiger partial charge >= 0.3 is 12.5 Å². The number of rotatable bonds is 3. The van der Waals surface area contributed by atoms with Gasteiger partial charge in [0.05, 0.1) is 22.3 Å². The van der Waals surface area contributed by atoms with Gasteiger partial charge in [0.1, 0.15) is 5.75 Å². The van der Waals surface area contributed by atoms with Gasteiger partial charge < -0.3 is 4.74 Å². The van der Waals surface area contributed by atoms with Crippen LogP contribution >= 0.6 is 0 Å². The Balaban J connectivity index is 1.91. The predicted octanol–water partition coefficient (Wildman–Crippen LogP) is 5.97. The maximum atomic E-state index is 13.0. The van der Waals surface area contributed by atoms with Gasteiger partial charge in [-0.05, 0) is 42.5 Å². The number of ether oxygens (including phenoxy) is 1. The van der Waals surface area contributed by atoms with Crippen molar-refractivity contribution in [1.82, 2.24) is 9.78 Å². The molecule has 164 valence electrons. The van der Waals surface area contributed by atoms with E-state index in [1.54, 1.807) is 18.2 Å². The molecule has 0 saturated heterocycles. The molecule has 0 amide bonds. The molecule has 0 aliphatic heterocycles. The van der Waals surface area contributed by atoms with E-state index in [-0.39, 0.29) is 22.3 Å². The Hall–Kier alpha value is -3.82. The van der Waals surface area contributed by atoms with Crippen LogP contribution in [-0.2, 0) is 6.18 Å². The third-order valence-electron chi connectivity index (χ3n) is 4.59. The molecule has 0 bridgehead atoms. The van der Waals surface area contributed by atoms with Crippen LogP contribution in [0.25, 0.3) is 27.7 Å². The molecule has 0 saturated carbocycles. The lowest BCUT2D eigenvalue weighted by Crippen LogP contribution is -2.22. The number of fused-ring (bicyclic) bond motifs is 1. The van der Waals surface area contributed by atoms with Crippen molar-refractivity contribution in [2.24, 2.45) is 0 Å². The minimum Gasteiger partial charge on any atom is -0.406 e. The molecule has 1 heterocycles. The first kappa shape index (κ1) is 21.4. The minimum atomic E-state index is -4.90. The van der Waals surface area contributed by atoms with Gasteiger partial charge in [-0.25, -0.2) is 0 Å². The average Bonchev–Trinajstić information content (AvgIpc) is 2.73.